The van der Waals surface area contributed by atoms with E-state index in [2.05, 4.69) is 8.75 Å². The van der Waals surface area contributed by atoms with E-state index in [0.29, 0.717) is 22.3 Å². The van der Waals surface area contributed by atoms with Crippen molar-refractivity contribution in [2.75, 3.05) is 7.11 Å². The number of aliphatic carboxylic acids is 1. The smallest absolute Gasteiger partial charge is 0.545 e. The van der Waals surface area contributed by atoms with E-state index in [-0.39, 0.29) is 70.1 Å². The summed E-state index contributed by atoms with van der Waals surface area (Å²) in [5.74, 6) is -2.07. The maximum Gasteiger partial charge on any atom is 1.00 e. The van der Waals surface area contributed by atoms with Crippen molar-refractivity contribution < 1.29 is 58.1 Å². The number of hydrogen-bond acceptors (Lipinski definition) is 8. The Labute approximate surface area is 239 Å². The molecule has 0 radical (unpaired) electrons. The molecule has 10 heteroatoms. The average molecular weight is 529 g/mol. The van der Waals surface area contributed by atoms with E-state index in [9.17, 15) is 19.1 Å². The van der Waals surface area contributed by atoms with Gasteiger partial charge in [-0.3, -0.25) is 4.79 Å². The van der Waals surface area contributed by atoms with Gasteiger partial charge in [0.25, 0.3) is 0 Å². The van der Waals surface area contributed by atoms with Gasteiger partial charge < -0.3 is 19.4 Å². The van der Waals surface area contributed by atoms with Crippen LogP contribution in [0.1, 0.15) is 35.3 Å². The van der Waals surface area contributed by atoms with Gasteiger partial charge in [0.1, 0.15) is 16.8 Å². The fraction of sp³-hybridized carbons (Fsp3) is 0.185. The van der Waals surface area contributed by atoms with E-state index < -0.39 is 17.6 Å². The average Bonchev–Trinajstić information content (AvgIpc) is 3.31. The number of fused-ring (bicyclic) bond motifs is 1. The van der Waals surface area contributed by atoms with E-state index in [1.54, 1.807) is 48.5 Å². The quantitative estimate of drug-likeness (QED) is 0.183. The van der Waals surface area contributed by atoms with Crippen molar-refractivity contribution in [2.24, 2.45) is 0 Å². The van der Waals surface area contributed by atoms with Gasteiger partial charge in [-0.05, 0) is 73.5 Å². The van der Waals surface area contributed by atoms with Crippen molar-refractivity contribution in [3.05, 3.63) is 88.7 Å². The van der Waals surface area contributed by atoms with Gasteiger partial charge in [-0.1, -0.05) is 12.1 Å². The predicted octanol–water partition coefficient (Wildman–Crippen LogP) is 1.26. The minimum Gasteiger partial charge on any atom is -0.545 e. The summed E-state index contributed by atoms with van der Waals surface area (Å²) in [4.78, 5) is 26.1. The number of aromatic nitrogens is 2. The summed E-state index contributed by atoms with van der Waals surface area (Å²) < 4.78 is 33.3. The van der Waals surface area contributed by atoms with Crippen LogP contribution in [-0.4, -0.2) is 33.7 Å². The van der Waals surface area contributed by atoms with Crippen LogP contribution in [0.5, 0.6) is 11.5 Å². The SMILES string of the molecule is COc1ccc(CC(C(=O)c2ccc(OC(C)C)cc2)=C(C(=O)[O-])c2ccc3nsnc3c2)cc1F.[Na+]. The van der Waals surface area contributed by atoms with Crippen LogP contribution in [0.15, 0.2) is 66.2 Å². The number of halogens is 1. The number of ketones is 1. The Hall–Kier alpha value is -3.11. The topological polar surface area (TPSA) is 101 Å². The number of ether oxygens (including phenoxy) is 2. The molecule has 4 aromatic rings. The van der Waals surface area contributed by atoms with Gasteiger partial charge in [0, 0.05) is 23.1 Å². The molecule has 0 fully saturated rings. The summed E-state index contributed by atoms with van der Waals surface area (Å²) in [6, 6.07) is 15.4. The summed E-state index contributed by atoms with van der Waals surface area (Å²) in [5, 5.41) is 12.4. The number of carboxylic acid groups (broad SMARTS) is 1. The molecule has 0 aliphatic heterocycles. The van der Waals surface area contributed by atoms with E-state index >= 15 is 0 Å². The van der Waals surface area contributed by atoms with E-state index in [4.69, 9.17) is 9.47 Å². The summed E-state index contributed by atoms with van der Waals surface area (Å²) in [6.07, 6.45) is -0.201. The number of Topliss-reactive ketones (excluding diaryl/α,β-unsaturated/α-hetero) is 1. The van der Waals surface area contributed by atoms with Crippen molar-refractivity contribution in [3.8, 4) is 11.5 Å². The van der Waals surface area contributed by atoms with E-state index in [1.807, 2.05) is 13.8 Å². The second-order valence-corrected chi connectivity index (χ2v) is 8.80. The Morgan fingerprint density at radius 2 is 1.65 bits per heavy atom. The Balaban J connectivity index is 0.00000380. The number of nitrogens with zero attached hydrogens (tertiary/aromatic N) is 2. The van der Waals surface area contributed by atoms with Crippen LogP contribution in [0.4, 0.5) is 4.39 Å². The molecule has 7 nitrogen and oxygen atoms in total. The second kappa shape index (κ2) is 12.4. The van der Waals surface area contributed by atoms with Crippen LogP contribution >= 0.6 is 11.7 Å². The maximum absolute atomic E-state index is 14.4. The fourth-order valence-electron chi connectivity index (χ4n) is 3.79. The second-order valence-electron chi connectivity index (χ2n) is 8.27. The molecule has 0 aliphatic rings. The fourth-order valence-corrected chi connectivity index (χ4v) is 4.31. The van der Waals surface area contributed by atoms with Gasteiger partial charge in [0.15, 0.2) is 17.3 Å². The zero-order valence-electron chi connectivity index (χ0n) is 20.8. The molecular formula is C27H22FN2NaO5S. The molecule has 0 aliphatic carbocycles. The van der Waals surface area contributed by atoms with Gasteiger partial charge in [-0.2, -0.15) is 8.75 Å². The third-order valence-corrected chi connectivity index (χ3v) is 5.96. The van der Waals surface area contributed by atoms with E-state index in [0.717, 1.165) is 11.7 Å². The van der Waals surface area contributed by atoms with Crippen molar-refractivity contribution in [1.29, 1.82) is 0 Å². The molecule has 0 atom stereocenters. The standard InChI is InChI=1S/C27H23FN2O5S.Na/c1-15(2)35-19-8-5-17(6-9-19)26(31)20(12-16-4-11-24(34-3)21(28)13-16)25(27(32)33)18-7-10-22-23(14-18)30-36-29-22;/h4-11,13-15H,12H2,1-3H3,(H,32,33);/q;+1/p-1. The summed E-state index contributed by atoms with van der Waals surface area (Å²) in [5.41, 5.74) is 1.64. The third-order valence-electron chi connectivity index (χ3n) is 5.41. The van der Waals surface area contributed by atoms with Crippen molar-refractivity contribution in [1.82, 2.24) is 8.75 Å². The van der Waals surface area contributed by atoms with Crippen LogP contribution in [-0.2, 0) is 11.2 Å². The molecule has 0 unspecified atom stereocenters. The number of allylic oxidation sites excluding steroid dienone is 1. The zero-order valence-corrected chi connectivity index (χ0v) is 23.6. The Kier molecular flexibility index (Phi) is 9.56. The van der Waals surface area contributed by atoms with Crippen molar-refractivity contribution in [2.45, 2.75) is 26.4 Å². The molecule has 184 valence electrons. The minimum absolute atomic E-state index is 0. The number of benzene rings is 3. The molecule has 3 aromatic carbocycles. The van der Waals surface area contributed by atoms with Crippen LogP contribution < -0.4 is 44.1 Å². The molecule has 0 saturated carbocycles. The minimum atomic E-state index is -1.53. The number of hydrogen-bond donors (Lipinski definition) is 0. The predicted molar refractivity (Wildman–Crippen MR) is 133 cm³/mol. The number of carbonyl (C=O) groups excluding carboxylic acids is 2. The normalized spacial score (nSPS) is 11.6. The summed E-state index contributed by atoms with van der Waals surface area (Å²) in [6.45, 7) is 3.77. The first kappa shape index (κ1) is 28.5. The van der Waals surface area contributed by atoms with Gasteiger partial charge in [0.05, 0.1) is 30.9 Å². The largest absolute Gasteiger partial charge is 1.00 e. The summed E-state index contributed by atoms with van der Waals surface area (Å²) >= 11 is 0.995. The van der Waals surface area contributed by atoms with Gasteiger partial charge in [-0.15, -0.1) is 0 Å². The maximum atomic E-state index is 14.4. The Morgan fingerprint density at radius 1 is 0.973 bits per heavy atom. The van der Waals surface area contributed by atoms with Crippen LogP contribution in [0.3, 0.4) is 0 Å². The van der Waals surface area contributed by atoms with Gasteiger partial charge >= 0.3 is 29.6 Å². The zero-order chi connectivity index (χ0) is 25.8. The van der Waals surface area contributed by atoms with E-state index in [1.165, 1.54) is 19.2 Å². The first-order chi connectivity index (χ1) is 17.3. The molecule has 0 bridgehead atoms. The molecular weight excluding hydrogens is 506 g/mol. The van der Waals surface area contributed by atoms with Crippen molar-refractivity contribution in [3.63, 3.8) is 0 Å². The molecule has 4 rings (SSSR count). The molecule has 0 spiro atoms. The van der Waals surface area contributed by atoms with Crippen molar-refractivity contribution >= 4 is 40.1 Å². The first-order valence-corrected chi connectivity index (χ1v) is 11.8. The molecule has 0 saturated heterocycles. The Morgan fingerprint density at radius 3 is 2.27 bits per heavy atom. The molecule has 1 heterocycles. The molecule has 0 amide bonds. The third kappa shape index (κ3) is 6.61. The van der Waals surface area contributed by atoms with Crippen LogP contribution in [0.25, 0.3) is 16.6 Å². The van der Waals surface area contributed by atoms with Gasteiger partial charge in [-0.25, -0.2) is 4.39 Å². The molecule has 1 aromatic heterocycles. The number of carboxylic acids is 1. The molecule has 0 N–H and O–H groups in total. The monoisotopic (exact) mass is 528 g/mol. The van der Waals surface area contributed by atoms with Gasteiger partial charge in [0.2, 0.25) is 0 Å². The summed E-state index contributed by atoms with van der Waals surface area (Å²) in [7, 11) is 1.34. The van der Waals surface area contributed by atoms with Crippen LogP contribution in [0.2, 0.25) is 0 Å². The Bertz CT molecular complexity index is 1470. The first-order valence-electron chi connectivity index (χ1n) is 11.1. The number of rotatable bonds is 9. The number of carbonyl (C=O) groups is 2. The van der Waals surface area contributed by atoms with Crippen LogP contribution in [0, 0.1) is 5.82 Å². The number of methoxy groups -OCH3 is 1. The molecule has 37 heavy (non-hydrogen) atoms.